The van der Waals surface area contributed by atoms with E-state index in [1.165, 1.54) is 0 Å². The lowest BCUT2D eigenvalue weighted by Crippen LogP contribution is -2.26. The van der Waals surface area contributed by atoms with Crippen molar-refractivity contribution < 1.29 is 21.2 Å². The van der Waals surface area contributed by atoms with E-state index in [-0.39, 0.29) is 11.4 Å². The standard InChI is InChI=1S/C12H18FNO4S2/c1-9(2)6-7-14-20(17,18)12-8-10(19(3,15)16)4-5-11(12)13/h4-5,8-9,14H,6-7H2,1-3H3. The zero-order valence-corrected chi connectivity index (χ0v) is 13.2. The average Bonchev–Trinajstić information content (AvgIpc) is 2.26. The van der Waals surface area contributed by atoms with E-state index in [0.29, 0.717) is 12.3 Å². The van der Waals surface area contributed by atoms with E-state index in [2.05, 4.69) is 4.72 Å². The lowest BCUT2D eigenvalue weighted by Gasteiger charge is -2.10. The van der Waals surface area contributed by atoms with Crippen LogP contribution in [0, 0.1) is 11.7 Å². The molecule has 0 aliphatic heterocycles. The molecule has 0 aromatic heterocycles. The van der Waals surface area contributed by atoms with Gasteiger partial charge in [-0.3, -0.25) is 0 Å². The van der Waals surface area contributed by atoms with E-state index in [4.69, 9.17) is 0 Å². The van der Waals surface area contributed by atoms with Crippen LogP contribution >= 0.6 is 0 Å². The van der Waals surface area contributed by atoms with Crippen molar-refractivity contribution in [2.75, 3.05) is 12.8 Å². The first-order chi connectivity index (χ1) is 9.04. The van der Waals surface area contributed by atoms with Gasteiger partial charge in [0.15, 0.2) is 9.84 Å². The number of nitrogens with one attached hydrogen (secondary N) is 1. The Hall–Kier alpha value is -0.990. The van der Waals surface area contributed by atoms with Gasteiger partial charge in [-0.2, -0.15) is 0 Å². The van der Waals surface area contributed by atoms with Crippen LogP contribution in [0.3, 0.4) is 0 Å². The molecule has 0 atom stereocenters. The summed E-state index contributed by atoms with van der Waals surface area (Å²) in [6, 6.07) is 2.72. The Morgan fingerprint density at radius 3 is 2.30 bits per heavy atom. The molecule has 0 fully saturated rings. The van der Waals surface area contributed by atoms with E-state index < -0.39 is 30.6 Å². The topological polar surface area (TPSA) is 80.3 Å². The SMILES string of the molecule is CC(C)CCNS(=O)(=O)c1cc(S(C)(=O)=O)ccc1F. The first-order valence-electron chi connectivity index (χ1n) is 6.03. The minimum absolute atomic E-state index is 0.169. The van der Waals surface area contributed by atoms with Crippen molar-refractivity contribution in [3.8, 4) is 0 Å². The zero-order chi connectivity index (χ0) is 15.6. The quantitative estimate of drug-likeness (QED) is 0.806. The summed E-state index contributed by atoms with van der Waals surface area (Å²) in [4.78, 5) is -0.882. The normalized spacial score (nSPS) is 12.8. The van der Waals surface area contributed by atoms with Crippen LogP contribution < -0.4 is 4.72 Å². The van der Waals surface area contributed by atoms with Gasteiger partial charge in [-0.05, 0) is 30.5 Å². The minimum Gasteiger partial charge on any atom is -0.224 e. The highest BCUT2D eigenvalue weighted by atomic mass is 32.2. The lowest BCUT2D eigenvalue weighted by molar-refractivity contribution is 0.539. The third-order valence-corrected chi connectivity index (χ3v) is 5.22. The van der Waals surface area contributed by atoms with E-state index >= 15 is 0 Å². The van der Waals surface area contributed by atoms with Crippen LogP contribution in [0.2, 0.25) is 0 Å². The van der Waals surface area contributed by atoms with Gasteiger partial charge < -0.3 is 0 Å². The highest BCUT2D eigenvalue weighted by molar-refractivity contribution is 7.91. The molecule has 0 heterocycles. The van der Waals surface area contributed by atoms with Crippen LogP contribution in [0.4, 0.5) is 4.39 Å². The Kier molecular flexibility index (Phi) is 5.28. The van der Waals surface area contributed by atoms with Gasteiger partial charge in [0.1, 0.15) is 10.7 Å². The van der Waals surface area contributed by atoms with Crippen molar-refractivity contribution in [1.29, 1.82) is 0 Å². The first kappa shape index (κ1) is 17.1. The molecule has 5 nitrogen and oxygen atoms in total. The molecule has 1 rings (SSSR count). The van der Waals surface area contributed by atoms with Crippen LogP contribution in [0.5, 0.6) is 0 Å². The maximum Gasteiger partial charge on any atom is 0.243 e. The lowest BCUT2D eigenvalue weighted by atomic mass is 10.1. The van der Waals surface area contributed by atoms with Crippen LogP contribution in [-0.4, -0.2) is 29.6 Å². The van der Waals surface area contributed by atoms with Gasteiger partial charge in [0.25, 0.3) is 0 Å². The van der Waals surface area contributed by atoms with Crippen molar-refractivity contribution in [1.82, 2.24) is 4.72 Å². The molecule has 0 aliphatic rings. The van der Waals surface area contributed by atoms with E-state index in [9.17, 15) is 21.2 Å². The first-order valence-corrected chi connectivity index (χ1v) is 9.41. The number of benzene rings is 1. The summed E-state index contributed by atoms with van der Waals surface area (Å²) in [5, 5.41) is 0. The number of hydrogen-bond acceptors (Lipinski definition) is 4. The molecule has 0 saturated carbocycles. The Morgan fingerprint density at radius 1 is 1.20 bits per heavy atom. The summed E-state index contributed by atoms with van der Waals surface area (Å²) in [6.07, 6.45) is 1.54. The highest BCUT2D eigenvalue weighted by Crippen LogP contribution is 2.19. The number of halogens is 1. The fraction of sp³-hybridized carbons (Fsp3) is 0.500. The van der Waals surface area contributed by atoms with Crippen LogP contribution in [0.1, 0.15) is 20.3 Å². The minimum atomic E-state index is -4.06. The maximum absolute atomic E-state index is 13.6. The second kappa shape index (κ2) is 6.19. The van der Waals surface area contributed by atoms with Gasteiger partial charge >= 0.3 is 0 Å². The maximum atomic E-state index is 13.6. The largest absolute Gasteiger partial charge is 0.243 e. The number of hydrogen-bond donors (Lipinski definition) is 1. The summed E-state index contributed by atoms with van der Waals surface area (Å²) in [6.45, 7) is 4.03. The summed E-state index contributed by atoms with van der Waals surface area (Å²) < 4.78 is 62.6. The predicted molar refractivity (Wildman–Crippen MR) is 74.2 cm³/mol. The Morgan fingerprint density at radius 2 is 1.80 bits per heavy atom. The van der Waals surface area contributed by atoms with Crippen molar-refractivity contribution in [2.45, 2.75) is 30.1 Å². The second-order valence-corrected chi connectivity index (χ2v) is 8.70. The third-order valence-electron chi connectivity index (χ3n) is 2.63. The summed E-state index contributed by atoms with van der Waals surface area (Å²) in [7, 11) is -7.65. The molecule has 20 heavy (non-hydrogen) atoms. The van der Waals surface area contributed by atoms with Gasteiger partial charge in [0, 0.05) is 12.8 Å². The molecule has 1 aromatic rings. The third kappa shape index (κ3) is 4.53. The molecule has 0 radical (unpaired) electrons. The summed E-state index contributed by atoms with van der Waals surface area (Å²) in [5.74, 6) is -0.681. The van der Waals surface area contributed by atoms with Gasteiger partial charge in [-0.1, -0.05) is 13.8 Å². The fourth-order valence-corrected chi connectivity index (χ4v) is 3.35. The Labute approximate surface area is 119 Å². The van der Waals surface area contributed by atoms with E-state index in [1.54, 1.807) is 0 Å². The molecule has 0 unspecified atom stereocenters. The highest BCUT2D eigenvalue weighted by Gasteiger charge is 2.21. The number of rotatable bonds is 6. The second-order valence-electron chi connectivity index (χ2n) is 4.94. The smallest absolute Gasteiger partial charge is 0.224 e. The van der Waals surface area contributed by atoms with Crippen molar-refractivity contribution in [2.24, 2.45) is 5.92 Å². The molecule has 0 bridgehead atoms. The Balaban J connectivity index is 3.12. The fourth-order valence-electron chi connectivity index (χ4n) is 1.48. The molecular weight excluding hydrogens is 305 g/mol. The van der Waals surface area contributed by atoms with Gasteiger partial charge in [-0.15, -0.1) is 0 Å². The van der Waals surface area contributed by atoms with Crippen molar-refractivity contribution in [3.05, 3.63) is 24.0 Å². The number of sulfonamides is 1. The van der Waals surface area contributed by atoms with Crippen molar-refractivity contribution >= 4 is 19.9 Å². The molecule has 0 spiro atoms. The molecule has 0 aliphatic carbocycles. The monoisotopic (exact) mass is 323 g/mol. The molecule has 1 N–H and O–H groups in total. The van der Waals surface area contributed by atoms with Crippen LogP contribution in [0.15, 0.2) is 28.0 Å². The van der Waals surface area contributed by atoms with Gasteiger partial charge in [0.05, 0.1) is 4.90 Å². The molecule has 0 amide bonds. The Bertz CT molecular complexity index is 681. The van der Waals surface area contributed by atoms with E-state index in [0.717, 1.165) is 24.5 Å². The summed E-state index contributed by atoms with van der Waals surface area (Å²) in [5.41, 5.74) is 0. The van der Waals surface area contributed by atoms with Crippen molar-refractivity contribution in [3.63, 3.8) is 0 Å². The molecular formula is C12H18FNO4S2. The van der Waals surface area contributed by atoms with E-state index in [1.807, 2.05) is 13.8 Å². The predicted octanol–water partition coefficient (Wildman–Crippen LogP) is 1.55. The average molecular weight is 323 g/mol. The molecule has 0 saturated heterocycles. The molecule has 8 heteroatoms. The molecule has 114 valence electrons. The summed E-state index contributed by atoms with van der Waals surface area (Å²) >= 11 is 0. The van der Waals surface area contributed by atoms with Crippen LogP contribution in [0.25, 0.3) is 0 Å². The molecule has 1 aromatic carbocycles. The number of sulfone groups is 1. The van der Waals surface area contributed by atoms with Gasteiger partial charge in [0.2, 0.25) is 10.0 Å². The van der Waals surface area contributed by atoms with Crippen LogP contribution in [-0.2, 0) is 19.9 Å². The zero-order valence-electron chi connectivity index (χ0n) is 11.6. The van der Waals surface area contributed by atoms with Gasteiger partial charge in [-0.25, -0.2) is 25.9 Å².